The summed E-state index contributed by atoms with van der Waals surface area (Å²) in [5.41, 5.74) is 2.30. The summed E-state index contributed by atoms with van der Waals surface area (Å²) in [5.74, 6) is 1.61. The first-order chi connectivity index (χ1) is 15.3. The van der Waals surface area contributed by atoms with E-state index < -0.39 is 0 Å². The van der Waals surface area contributed by atoms with Gasteiger partial charge in [0, 0.05) is 47.9 Å². The number of hydrogen-bond acceptors (Lipinski definition) is 6. The molecule has 6 nitrogen and oxygen atoms in total. The van der Waals surface area contributed by atoms with E-state index in [1.54, 1.807) is 26.4 Å². The molecule has 0 aliphatic carbocycles. The number of nitrogens with one attached hydrogen (secondary N) is 1. The highest BCUT2D eigenvalue weighted by molar-refractivity contribution is 6.31. The quantitative estimate of drug-likeness (QED) is 0.675. The first-order valence-corrected chi connectivity index (χ1v) is 11.5. The van der Waals surface area contributed by atoms with Crippen LogP contribution in [0, 0.1) is 0 Å². The van der Waals surface area contributed by atoms with Crippen molar-refractivity contribution in [2.75, 3.05) is 27.3 Å². The Morgan fingerprint density at radius 2 is 1.81 bits per heavy atom. The molecule has 7 heteroatoms. The number of piperidine rings is 1. The molecule has 2 N–H and O–H groups in total. The Balaban J connectivity index is 1.73. The van der Waals surface area contributed by atoms with E-state index in [2.05, 4.69) is 30.1 Å². The van der Waals surface area contributed by atoms with Crippen LogP contribution in [0.15, 0.2) is 41.4 Å². The number of likely N-dealkylation sites (tertiary alicyclic amines) is 1. The number of ether oxygens (including phenoxy) is 2. The van der Waals surface area contributed by atoms with Crippen LogP contribution in [0.4, 0.5) is 0 Å². The standard InChI is InChI=1S/C25H32ClN3O3/c1-16(2)29-11-9-25(10-12-29)27-20(17-5-8-23(31-3)24(13-17)32-4)15-21(28-25)19-14-18(26)6-7-22(19)30/h5-8,13-14,16,20,27,30H,9-12,15H2,1-4H3/t20-/m1/s1. The van der Waals surface area contributed by atoms with Crippen molar-refractivity contribution >= 4 is 17.3 Å². The van der Waals surface area contributed by atoms with Gasteiger partial charge in [-0.2, -0.15) is 0 Å². The van der Waals surface area contributed by atoms with Gasteiger partial charge in [0.1, 0.15) is 11.4 Å². The summed E-state index contributed by atoms with van der Waals surface area (Å²) >= 11 is 6.27. The van der Waals surface area contributed by atoms with Crippen molar-refractivity contribution in [1.82, 2.24) is 10.2 Å². The van der Waals surface area contributed by atoms with Gasteiger partial charge in [0.15, 0.2) is 11.5 Å². The fourth-order valence-electron chi connectivity index (χ4n) is 4.75. The lowest BCUT2D eigenvalue weighted by Gasteiger charge is -2.46. The minimum Gasteiger partial charge on any atom is -0.507 e. The van der Waals surface area contributed by atoms with Crippen molar-refractivity contribution in [3.05, 3.63) is 52.5 Å². The van der Waals surface area contributed by atoms with Crippen LogP contribution in [0.2, 0.25) is 5.02 Å². The summed E-state index contributed by atoms with van der Waals surface area (Å²) < 4.78 is 11.0. The first kappa shape index (κ1) is 22.9. The van der Waals surface area contributed by atoms with Crippen LogP contribution in [0.25, 0.3) is 0 Å². The molecule has 0 saturated carbocycles. The lowest BCUT2D eigenvalue weighted by atomic mass is 9.87. The summed E-state index contributed by atoms with van der Waals surface area (Å²) in [6.45, 7) is 6.41. The van der Waals surface area contributed by atoms with Gasteiger partial charge < -0.3 is 19.5 Å². The lowest BCUT2D eigenvalue weighted by molar-refractivity contribution is 0.103. The number of halogens is 1. The summed E-state index contributed by atoms with van der Waals surface area (Å²) in [7, 11) is 3.29. The highest BCUT2D eigenvalue weighted by Crippen LogP contribution is 2.39. The molecule has 0 unspecified atom stereocenters. The SMILES string of the molecule is COc1ccc([C@H]2CC(c3cc(Cl)ccc3O)=NC3(CCN(C(C)C)CC3)N2)cc1OC. The zero-order valence-electron chi connectivity index (χ0n) is 19.2. The van der Waals surface area contributed by atoms with E-state index in [1.807, 2.05) is 18.2 Å². The molecule has 1 spiro atoms. The molecule has 1 atom stereocenters. The Morgan fingerprint density at radius 3 is 2.47 bits per heavy atom. The number of phenols is 1. The molecule has 4 rings (SSSR count). The maximum Gasteiger partial charge on any atom is 0.161 e. The summed E-state index contributed by atoms with van der Waals surface area (Å²) in [6, 6.07) is 11.7. The van der Waals surface area contributed by atoms with E-state index in [0.717, 1.165) is 37.2 Å². The van der Waals surface area contributed by atoms with Crippen LogP contribution in [-0.4, -0.2) is 54.7 Å². The van der Waals surface area contributed by atoms with E-state index >= 15 is 0 Å². The molecule has 2 aromatic carbocycles. The number of aliphatic imine (C=N–C) groups is 1. The van der Waals surface area contributed by atoms with Gasteiger partial charge in [0.2, 0.25) is 0 Å². The van der Waals surface area contributed by atoms with Crippen molar-refractivity contribution in [3.8, 4) is 17.2 Å². The van der Waals surface area contributed by atoms with Crippen LogP contribution in [0.5, 0.6) is 17.2 Å². The van der Waals surface area contributed by atoms with Gasteiger partial charge in [-0.3, -0.25) is 10.3 Å². The number of methoxy groups -OCH3 is 2. The second-order valence-corrected chi connectivity index (χ2v) is 9.33. The van der Waals surface area contributed by atoms with E-state index in [4.69, 9.17) is 26.1 Å². The zero-order chi connectivity index (χ0) is 22.9. The maximum absolute atomic E-state index is 10.6. The molecule has 2 heterocycles. The van der Waals surface area contributed by atoms with Crippen LogP contribution in [0.3, 0.4) is 0 Å². The van der Waals surface area contributed by atoms with Gasteiger partial charge in [-0.1, -0.05) is 17.7 Å². The average Bonchev–Trinajstić information content (AvgIpc) is 2.80. The molecule has 0 bridgehead atoms. The van der Waals surface area contributed by atoms with Gasteiger partial charge >= 0.3 is 0 Å². The predicted octanol–water partition coefficient (Wildman–Crippen LogP) is 4.79. The number of phenolic OH excluding ortho intramolecular Hbond substituents is 1. The van der Waals surface area contributed by atoms with Crippen LogP contribution in [0.1, 0.15) is 50.3 Å². The first-order valence-electron chi connectivity index (χ1n) is 11.2. The molecule has 0 aromatic heterocycles. The van der Waals surface area contributed by atoms with Gasteiger partial charge in [-0.25, -0.2) is 0 Å². The van der Waals surface area contributed by atoms with E-state index in [1.165, 1.54) is 0 Å². The largest absolute Gasteiger partial charge is 0.507 e. The fraction of sp³-hybridized carbons (Fsp3) is 0.480. The Hall–Kier alpha value is -2.28. The maximum atomic E-state index is 10.6. The van der Waals surface area contributed by atoms with E-state index in [-0.39, 0.29) is 17.5 Å². The second kappa shape index (κ2) is 9.30. The molecule has 2 aliphatic rings. The van der Waals surface area contributed by atoms with E-state index in [0.29, 0.717) is 34.5 Å². The third-order valence-corrected chi connectivity index (χ3v) is 6.86. The highest BCUT2D eigenvalue weighted by atomic mass is 35.5. The number of benzene rings is 2. The summed E-state index contributed by atoms with van der Waals surface area (Å²) in [4.78, 5) is 7.68. The van der Waals surface area contributed by atoms with Gasteiger partial charge in [-0.15, -0.1) is 0 Å². The van der Waals surface area contributed by atoms with Crippen LogP contribution >= 0.6 is 11.6 Å². The molecule has 0 amide bonds. The second-order valence-electron chi connectivity index (χ2n) is 8.90. The van der Waals surface area contributed by atoms with Gasteiger partial charge in [-0.05, 0) is 62.6 Å². The third-order valence-electron chi connectivity index (χ3n) is 6.62. The third kappa shape index (κ3) is 4.58. The smallest absolute Gasteiger partial charge is 0.161 e. The molecular formula is C25H32ClN3O3. The normalized spacial score (nSPS) is 20.9. The molecule has 1 fully saturated rings. The monoisotopic (exact) mass is 457 g/mol. The van der Waals surface area contributed by atoms with Crippen molar-refractivity contribution in [1.29, 1.82) is 0 Å². The fourth-order valence-corrected chi connectivity index (χ4v) is 4.92. The minimum absolute atomic E-state index is 0.0197. The predicted molar refractivity (Wildman–Crippen MR) is 128 cm³/mol. The van der Waals surface area contributed by atoms with Crippen molar-refractivity contribution in [2.45, 2.75) is 50.9 Å². The molecule has 1 saturated heterocycles. The Labute approximate surface area is 195 Å². The summed E-state index contributed by atoms with van der Waals surface area (Å²) in [6.07, 6.45) is 2.44. The number of hydrogen-bond donors (Lipinski definition) is 2. The Kier molecular flexibility index (Phi) is 6.65. The lowest BCUT2D eigenvalue weighted by Crippen LogP contribution is -2.56. The molecule has 2 aromatic rings. The Bertz CT molecular complexity index is 1000. The molecule has 172 valence electrons. The number of aromatic hydroxyl groups is 1. The number of rotatable bonds is 5. The minimum atomic E-state index is -0.383. The molecule has 2 aliphatic heterocycles. The topological polar surface area (TPSA) is 66.3 Å². The van der Waals surface area contributed by atoms with Crippen LogP contribution < -0.4 is 14.8 Å². The van der Waals surface area contributed by atoms with Gasteiger partial charge in [0.05, 0.1) is 14.2 Å². The van der Waals surface area contributed by atoms with Crippen molar-refractivity contribution in [3.63, 3.8) is 0 Å². The van der Waals surface area contributed by atoms with Crippen molar-refractivity contribution < 1.29 is 14.6 Å². The molecular weight excluding hydrogens is 426 g/mol. The zero-order valence-corrected chi connectivity index (χ0v) is 19.9. The highest BCUT2D eigenvalue weighted by Gasteiger charge is 2.41. The van der Waals surface area contributed by atoms with E-state index in [9.17, 15) is 5.11 Å². The van der Waals surface area contributed by atoms with Crippen LogP contribution in [-0.2, 0) is 0 Å². The molecule has 0 radical (unpaired) electrons. The number of nitrogens with zero attached hydrogens (tertiary/aromatic N) is 2. The average molecular weight is 458 g/mol. The van der Waals surface area contributed by atoms with Gasteiger partial charge in [0.25, 0.3) is 0 Å². The van der Waals surface area contributed by atoms with Crippen molar-refractivity contribution in [2.24, 2.45) is 4.99 Å². The summed E-state index contributed by atoms with van der Waals surface area (Å²) in [5, 5.41) is 15.0. The molecule has 32 heavy (non-hydrogen) atoms. The Morgan fingerprint density at radius 1 is 1.09 bits per heavy atom.